The Morgan fingerprint density at radius 1 is 1.00 bits per heavy atom. The Bertz CT molecular complexity index is 1250. The Morgan fingerprint density at radius 2 is 1.77 bits per heavy atom. The first kappa shape index (κ1) is 19.4. The predicted molar refractivity (Wildman–Crippen MR) is 119 cm³/mol. The van der Waals surface area contributed by atoms with Gasteiger partial charge in [0.15, 0.2) is 6.20 Å². The summed E-state index contributed by atoms with van der Waals surface area (Å²) in [6, 6.07) is 11.0. The molecule has 1 heterocycles. The van der Waals surface area contributed by atoms with Crippen molar-refractivity contribution in [2.45, 2.75) is 58.8 Å². The SMILES string of the molecule is CC1=C(c2cc(C)cc(C)c2C)c2c3c1cc(C1CCC(F)(F)C1)cc3cc[n+]2C. The second kappa shape index (κ2) is 6.47. The van der Waals surface area contributed by atoms with Crippen molar-refractivity contribution in [3.05, 3.63) is 75.6 Å². The van der Waals surface area contributed by atoms with Gasteiger partial charge in [-0.2, -0.15) is 0 Å². The number of hydrogen-bond donors (Lipinski definition) is 0. The fourth-order valence-electron chi connectivity index (χ4n) is 5.54. The van der Waals surface area contributed by atoms with Crippen LogP contribution >= 0.6 is 0 Å². The highest BCUT2D eigenvalue weighted by Gasteiger charge is 2.41. The van der Waals surface area contributed by atoms with Crippen molar-refractivity contribution in [2.75, 3.05) is 0 Å². The molecule has 5 rings (SSSR count). The van der Waals surface area contributed by atoms with E-state index >= 15 is 0 Å². The first-order chi connectivity index (χ1) is 14.2. The number of nitrogens with zero attached hydrogens (tertiary/aromatic N) is 1. The lowest BCUT2D eigenvalue weighted by atomic mass is 9.91. The maximum Gasteiger partial charge on any atom is 0.248 e. The summed E-state index contributed by atoms with van der Waals surface area (Å²) in [5.74, 6) is -2.58. The van der Waals surface area contributed by atoms with Crippen LogP contribution in [0.25, 0.3) is 21.9 Å². The first-order valence-corrected chi connectivity index (χ1v) is 10.8. The van der Waals surface area contributed by atoms with E-state index in [1.165, 1.54) is 50.0 Å². The highest BCUT2D eigenvalue weighted by atomic mass is 19.3. The zero-order valence-corrected chi connectivity index (χ0v) is 18.4. The van der Waals surface area contributed by atoms with Crippen LogP contribution in [0.1, 0.15) is 71.2 Å². The first-order valence-electron chi connectivity index (χ1n) is 10.8. The summed E-state index contributed by atoms with van der Waals surface area (Å²) in [6.45, 7) is 8.70. The van der Waals surface area contributed by atoms with Crippen LogP contribution in [0.15, 0.2) is 36.5 Å². The van der Waals surface area contributed by atoms with E-state index in [2.05, 4.69) is 75.8 Å². The molecule has 0 aliphatic heterocycles. The maximum atomic E-state index is 13.9. The molecule has 0 N–H and O–H groups in total. The number of aryl methyl sites for hydroxylation is 3. The van der Waals surface area contributed by atoms with Crippen molar-refractivity contribution in [1.29, 1.82) is 0 Å². The molecule has 0 bridgehead atoms. The molecule has 3 aromatic rings. The van der Waals surface area contributed by atoms with Crippen LogP contribution in [-0.2, 0) is 7.05 Å². The minimum Gasteiger partial charge on any atom is -0.207 e. The molecule has 1 aromatic heterocycles. The van der Waals surface area contributed by atoms with Gasteiger partial charge in [0.2, 0.25) is 11.6 Å². The number of hydrogen-bond acceptors (Lipinski definition) is 0. The number of aromatic nitrogens is 1. The third kappa shape index (κ3) is 2.82. The molecule has 3 heteroatoms. The van der Waals surface area contributed by atoms with Gasteiger partial charge in [-0.15, -0.1) is 0 Å². The van der Waals surface area contributed by atoms with Gasteiger partial charge in [-0.3, -0.25) is 0 Å². The van der Waals surface area contributed by atoms with Crippen LogP contribution < -0.4 is 4.57 Å². The van der Waals surface area contributed by atoms with Gasteiger partial charge in [0.1, 0.15) is 7.05 Å². The van der Waals surface area contributed by atoms with Crippen LogP contribution in [-0.4, -0.2) is 5.92 Å². The fraction of sp³-hybridized carbons (Fsp3) is 0.370. The Balaban J connectivity index is 1.77. The van der Waals surface area contributed by atoms with Gasteiger partial charge >= 0.3 is 0 Å². The van der Waals surface area contributed by atoms with Crippen LogP contribution in [0.4, 0.5) is 8.78 Å². The molecule has 0 amide bonds. The molecule has 1 fully saturated rings. The average molecular weight is 405 g/mol. The average Bonchev–Trinajstić information content (AvgIpc) is 3.19. The van der Waals surface area contributed by atoms with Crippen LogP contribution in [0, 0.1) is 20.8 Å². The molecular weight excluding hydrogens is 376 g/mol. The molecule has 0 radical (unpaired) electrons. The van der Waals surface area contributed by atoms with Crippen LogP contribution in [0.3, 0.4) is 0 Å². The number of halogens is 2. The number of benzene rings is 2. The number of rotatable bonds is 2. The molecule has 1 saturated carbocycles. The topological polar surface area (TPSA) is 3.88 Å². The van der Waals surface area contributed by atoms with E-state index in [1.807, 2.05) is 0 Å². The standard InChI is InChI=1S/C27H28F2N/c1-15-10-16(2)17(3)22(11-15)24-18(4)23-13-21(20-6-8-27(28,29)14-20)12-19-7-9-30(5)26(24)25(19)23/h7,9-13,20H,6,8,14H2,1-5H3/q+1. The summed E-state index contributed by atoms with van der Waals surface area (Å²) in [5.41, 5.74) is 11.2. The van der Waals surface area contributed by atoms with Gasteiger partial charge in [-0.05, 0) is 78.8 Å². The number of allylic oxidation sites excluding steroid dienone is 1. The second-order valence-electron chi connectivity index (χ2n) is 9.36. The van der Waals surface area contributed by atoms with E-state index in [9.17, 15) is 8.78 Å². The van der Waals surface area contributed by atoms with E-state index < -0.39 is 5.92 Å². The summed E-state index contributed by atoms with van der Waals surface area (Å²) < 4.78 is 30.0. The van der Waals surface area contributed by atoms with Crippen molar-refractivity contribution in [3.63, 3.8) is 0 Å². The lowest BCUT2D eigenvalue weighted by Crippen LogP contribution is -2.32. The van der Waals surface area contributed by atoms with Gasteiger partial charge in [0, 0.05) is 18.9 Å². The van der Waals surface area contributed by atoms with E-state index in [0.717, 1.165) is 10.9 Å². The monoisotopic (exact) mass is 404 g/mol. The molecular formula is C27H28F2N+. The normalized spacial score (nSPS) is 19.9. The van der Waals surface area contributed by atoms with Crippen molar-refractivity contribution < 1.29 is 13.3 Å². The smallest absolute Gasteiger partial charge is 0.207 e. The quantitative estimate of drug-likeness (QED) is 0.414. The highest BCUT2D eigenvalue weighted by molar-refractivity contribution is 6.15. The van der Waals surface area contributed by atoms with E-state index in [-0.39, 0.29) is 18.8 Å². The molecule has 1 nitrogen and oxygen atoms in total. The van der Waals surface area contributed by atoms with Gasteiger partial charge in [0.05, 0.1) is 11.0 Å². The lowest BCUT2D eigenvalue weighted by molar-refractivity contribution is -0.672. The highest BCUT2D eigenvalue weighted by Crippen LogP contribution is 2.49. The Morgan fingerprint density at radius 3 is 2.47 bits per heavy atom. The van der Waals surface area contributed by atoms with Gasteiger partial charge < -0.3 is 0 Å². The number of alkyl halides is 2. The molecule has 2 aromatic carbocycles. The second-order valence-corrected chi connectivity index (χ2v) is 9.36. The molecule has 1 unspecified atom stereocenters. The third-order valence-electron chi connectivity index (χ3n) is 7.23. The van der Waals surface area contributed by atoms with E-state index in [4.69, 9.17) is 0 Å². The van der Waals surface area contributed by atoms with Gasteiger partial charge in [0.25, 0.3) is 0 Å². The fourth-order valence-corrected chi connectivity index (χ4v) is 5.54. The molecule has 0 spiro atoms. The predicted octanol–water partition coefficient (Wildman–Crippen LogP) is 6.78. The molecule has 1 atom stereocenters. The summed E-state index contributed by atoms with van der Waals surface area (Å²) in [7, 11) is 2.10. The third-order valence-corrected chi connectivity index (χ3v) is 7.23. The minimum atomic E-state index is -2.53. The number of pyridine rings is 1. The Kier molecular flexibility index (Phi) is 4.19. The van der Waals surface area contributed by atoms with Gasteiger partial charge in [-0.1, -0.05) is 29.8 Å². The maximum absolute atomic E-state index is 13.9. The molecule has 154 valence electrons. The van der Waals surface area contributed by atoms with Crippen molar-refractivity contribution >= 4 is 21.9 Å². The molecule has 2 aliphatic carbocycles. The van der Waals surface area contributed by atoms with Crippen molar-refractivity contribution in [3.8, 4) is 0 Å². The minimum absolute atomic E-state index is 0.00186. The Hall–Kier alpha value is -2.55. The molecule has 0 saturated heterocycles. The summed E-state index contributed by atoms with van der Waals surface area (Å²) in [4.78, 5) is 0. The van der Waals surface area contributed by atoms with Gasteiger partial charge in [-0.25, -0.2) is 13.3 Å². The molecule has 30 heavy (non-hydrogen) atoms. The summed E-state index contributed by atoms with van der Waals surface area (Å²) in [5, 5.41) is 2.40. The van der Waals surface area contributed by atoms with Crippen molar-refractivity contribution in [2.24, 2.45) is 7.05 Å². The van der Waals surface area contributed by atoms with Crippen molar-refractivity contribution in [1.82, 2.24) is 0 Å². The summed E-state index contributed by atoms with van der Waals surface area (Å²) >= 11 is 0. The van der Waals surface area contributed by atoms with E-state index in [1.54, 1.807) is 0 Å². The zero-order chi connectivity index (χ0) is 21.4. The van der Waals surface area contributed by atoms with Crippen LogP contribution in [0.5, 0.6) is 0 Å². The lowest BCUT2D eigenvalue weighted by Gasteiger charge is -2.13. The van der Waals surface area contributed by atoms with Crippen LogP contribution in [0.2, 0.25) is 0 Å². The zero-order valence-electron chi connectivity index (χ0n) is 18.4. The van der Waals surface area contributed by atoms with E-state index in [0.29, 0.717) is 6.42 Å². The Labute approximate surface area is 177 Å². The largest absolute Gasteiger partial charge is 0.248 e. The summed E-state index contributed by atoms with van der Waals surface area (Å²) in [6.07, 6.45) is 2.64. The molecule has 2 aliphatic rings.